The molecule has 1 N–H and O–H groups in total. The number of rotatable bonds is 8. The first-order valence-corrected chi connectivity index (χ1v) is 12.1. The average molecular weight is 421 g/mol. The van der Waals surface area contributed by atoms with E-state index in [1.54, 1.807) is 24.3 Å². The molecule has 0 spiro atoms. The molecule has 0 unspecified atom stereocenters. The van der Waals surface area contributed by atoms with Crippen molar-refractivity contribution in [2.75, 3.05) is 18.6 Å². The number of carbonyl (C=O) groups is 1. The second-order valence-electron chi connectivity index (χ2n) is 6.36. The molecule has 2 aromatic carbocycles. The van der Waals surface area contributed by atoms with E-state index in [2.05, 4.69) is 5.32 Å². The zero-order valence-corrected chi connectivity index (χ0v) is 16.9. The quantitative estimate of drug-likeness (QED) is 0.686. The van der Waals surface area contributed by atoms with Gasteiger partial charge in [0.05, 0.1) is 22.3 Å². The number of amides is 1. The topological polar surface area (TPSA) is 121 Å². The third-order valence-electron chi connectivity index (χ3n) is 3.91. The van der Waals surface area contributed by atoms with Crippen LogP contribution in [0.1, 0.15) is 16.7 Å². The summed E-state index contributed by atoms with van der Waals surface area (Å²) in [5.74, 6) is -1.50. The maximum Gasteiger partial charge on any atom is 0.235 e. The monoisotopic (exact) mass is 420 g/mol. The fraction of sp³-hybridized carbons (Fsp3) is 0.263. The maximum absolute atomic E-state index is 12.1. The van der Waals surface area contributed by atoms with Crippen LogP contribution >= 0.6 is 0 Å². The zero-order chi connectivity index (χ0) is 20.8. The van der Waals surface area contributed by atoms with Crippen molar-refractivity contribution in [2.24, 2.45) is 0 Å². The first kappa shape index (κ1) is 21.6. The van der Waals surface area contributed by atoms with E-state index in [-0.39, 0.29) is 17.2 Å². The largest absolute Gasteiger partial charge is 0.355 e. The highest BCUT2D eigenvalue weighted by Gasteiger charge is 2.17. The van der Waals surface area contributed by atoms with Gasteiger partial charge in [0.2, 0.25) is 5.91 Å². The van der Waals surface area contributed by atoms with E-state index < -0.39 is 31.3 Å². The summed E-state index contributed by atoms with van der Waals surface area (Å²) in [6, 6.07) is 14.4. The Kier molecular flexibility index (Phi) is 6.94. The molecule has 7 nitrogen and oxygen atoms in total. The SMILES string of the molecule is CS(=O)(=O)c1ccc(CCNC(=O)CS(=O)(=O)Cc2ccc(C#N)cc2)cc1. The van der Waals surface area contributed by atoms with Crippen LogP contribution in [0.4, 0.5) is 0 Å². The molecule has 2 aromatic rings. The lowest BCUT2D eigenvalue weighted by Crippen LogP contribution is -2.32. The molecule has 9 heteroatoms. The van der Waals surface area contributed by atoms with Crippen molar-refractivity contribution < 1.29 is 21.6 Å². The molecule has 148 valence electrons. The Hall–Kier alpha value is -2.70. The van der Waals surface area contributed by atoms with Crippen molar-refractivity contribution >= 4 is 25.6 Å². The highest BCUT2D eigenvalue weighted by molar-refractivity contribution is 7.91. The second-order valence-corrected chi connectivity index (χ2v) is 10.4. The van der Waals surface area contributed by atoms with E-state index in [0.717, 1.165) is 11.8 Å². The van der Waals surface area contributed by atoms with E-state index >= 15 is 0 Å². The number of sulfone groups is 2. The summed E-state index contributed by atoms with van der Waals surface area (Å²) in [5.41, 5.74) is 1.77. The lowest BCUT2D eigenvalue weighted by Gasteiger charge is -2.07. The van der Waals surface area contributed by atoms with Gasteiger partial charge in [0.15, 0.2) is 19.7 Å². The molecule has 0 radical (unpaired) electrons. The van der Waals surface area contributed by atoms with Crippen molar-refractivity contribution in [3.05, 3.63) is 65.2 Å². The molecule has 2 rings (SSSR count). The first-order chi connectivity index (χ1) is 13.1. The Balaban J connectivity index is 1.83. The zero-order valence-electron chi connectivity index (χ0n) is 15.3. The summed E-state index contributed by atoms with van der Waals surface area (Å²) >= 11 is 0. The molecule has 0 aliphatic carbocycles. The number of nitrogens with one attached hydrogen (secondary N) is 1. The average Bonchev–Trinajstić information content (AvgIpc) is 2.61. The molecule has 0 saturated heterocycles. The van der Waals surface area contributed by atoms with E-state index in [9.17, 15) is 21.6 Å². The fourth-order valence-corrected chi connectivity index (χ4v) is 4.42. The Morgan fingerprint density at radius 2 is 1.54 bits per heavy atom. The van der Waals surface area contributed by atoms with Gasteiger partial charge < -0.3 is 5.32 Å². The van der Waals surface area contributed by atoms with Crippen molar-refractivity contribution in [2.45, 2.75) is 17.1 Å². The molecule has 0 aliphatic rings. The smallest absolute Gasteiger partial charge is 0.235 e. The number of benzene rings is 2. The standard InChI is InChI=1S/C19H20N2O5S2/c1-27(23,24)18-8-6-15(7-9-18)10-11-21-19(22)14-28(25,26)13-17-4-2-16(12-20)3-5-17/h2-9H,10-11,13-14H2,1H3,(H,21,22). The molecule has 0 atom stereocenters. The Labute approximate surface area is 164 Å². The summed E-state index contributed by atoms with van der Waals surface area (Å²) in [6.07, 6.45) is 1.58. The Morgan fingerprint density at radius 3 is 2.07 bits per heavy atom. The Morgan fingerprint density at radius 1 is 0.964 bits per heavy atom. The summed E-state index contributed by atoms with van der Waals surface area (Å²) in [7, 11) is -6.89. The molecule has 0 heterocycles. The normalized spacial score (nSPS) is 11.6. The number of carbonyl (C=O) groups excluding carboxylic acids is 1. The molecule has 1 amide bonds. The van der Waals surface area contributed by atoms with Gasteiger partial charge >= 0.3 is 0 Å². The molecular formula is C19H20N2O5S2. The summed E-state index contributed by atoms with van der Waals surface area (Å²) < 4.78 is 47.1. The molecule has 0 bridgehead atoms. The van der Waals surface area contributed by atoms with Crippen molar-refractivity contribution in [1.82, 2.24) is 5.32 Å². The first-order valence-electron chi connectivity index (χ1n) is 8.34. The summed E-state index contributed by atoms with van der Waals surface area (Å²) in [6.45, 7) is 0.240. The minimum atomic E-state index is -3.63. The number of hydrogen-bond donors (Lipinski definition) is 1. The van der Waals surface area contributed by atoms with Crippen LogP contribution in [0, 0.1) is 11.3 Å². The number of hydrogen-bond acceptors (Lipinski definition) is 6. The third-order valence-corrected chi connectivity index (χ3v) is 6.51. The molecule has 28 heavy (non-hydrogen) atoms. The second kappa shape index (κ2) is 8.99. The molecule has 0 fully saturated rings. The minimum absolute atomic E-state index is 0.217. The predicted molar refractivity (Wildman–Crippen MR) is 105 cm³/mol. The summed E-state index contributed by atoms with van der Waals surface area (Å²) in [5, 5.41) is 11.3. The van der Waals surface area contributed by atoms with Gasteiger partial charge in [0.1, 0.15) is 5.75 Å². The number of nitrogens with zero attached hydrogens (tertiary/aromatic N) is 1. The van der Waals surface area contributed by atoms with Gasteiger partial charge in [-0.3, -0.25) is 4.79 Å². The van der Waals surface area contributed by atoms with Crippen LogP contribution in [-0.4, -0.2) is 41.3 Å². The summed E-state index contributed by atoms with van der Waals surface area (Å²) in [4.78, 5) is 12.1. The fourth-order valence-electron chi connectivity index (χ4n) is 2.48. The van der Waals surface area contributed by atoms with Crippen LogP contribution in [0.25, 0.3) is 0 Å². The van der Waals surface area contributed by atoms with Crippen molar-refractivity contribution in [3.8, 4) is 6.07 Å². The maximum atomic E-state index is 12.1. The van der Waals surface area contributed by atoms with E-state index in [4.69, 9.17) is 5.26 Å². The lowest BCUT2D eigenvalue weighted by molar-refractivity contribution is -0.118. The van der Waals surface area contributed by atoms with Crippen LogP contribution in [0.5, 0.6) is 0 Å². The number of nitriles is 1. The van der Waals surface area contributed by atoms with Gasteiger partial charge in [-0.05, 0) is 41.8 Å². The minimum Gasteiger partial charge on any atom is -0.355 e. The lowest BCUT2D eigenvalue weighted by atomic mass is 10.1. The van der Waals surface area contributed by atoms with Crippen molar-refractivity contribution in [1.29, 1.82) is 5.26 Å². The van der Waals surface area contributed by atoms with Crippen LogP contribution in [-0.2, 0) is 36.6 Å². The molecule has 0 aliphatic heterocycles. The predicted octanol–water partition coefficient (Wildman–Crippen LogP) is 1.24. The molecule has 0 aromatic heterocycles. The molecule has 0 saturated carbocycles. The van der Waals surface area contributed by atoms with E-state index in [1.165, 1.54) is 24.3 Å². The van der Waals surface area contributed by atoms with Crippen molar-refractivity contribution in [3.63, 3.8) is 0 Å². The van der Waals surface area contributed by atoms with Crippen LogP contribution < -0.4 is 5.32 Å². The van der Waals surface area contributed by atoms with Gasteiger partial charge in [-0.25, -0.2) is 16.8 Å². The van der Waals surface area contributed by atoms with Gasteiger partial charge in [0.25, 0.3) is 0 Å². The Bertz CT molecular complexity index is 1080. The van der Waals surface area contributed by atoms with Crippen LogP contribution in [0.3, 0.4) is 0 Å². The van der Waals surface area contributed by atoms with E-state index in [1.807, 2.05) is 6.07 Å². The van der Waals surface area contributed by atoms with Gasteiger partial charge in [-0.1, -0.05) is 24.3 Å². The van der Waals surface area contributed by atoms with Crippen LogP contribution in [0.2, 0.25) is 0 Å². The van der Waals surface area contributed by atoms with Gasteiger partial charge in [-0.15, -0.1) is 0 Å². The van der Waals surface area contributed by atoms with E-state index in [0.29, 0.717) is 17.5 Å². The van der Waals surface area contributed by atoms with Crippen LogP contribution in [0.15, 0.2) is 53.4 Å². The molecular weight excluding hydrogens is 400 g/mol. The van der Waals surface area contributed by atoms with Gasteiger partial charge in [-0.2, -0.15) is 5.26 Å². The van der Waals surface area contributed by atoms with Gasteiger partial charge in [0, 0.05) is 12.8 Å². The highest BCUT2D eigenvalue weighted by Crippen LogP contribution is 2.11. The third kappa shape index (κ3) is 6.79. The highest BCUT2D eigenvalue weighted by atomic mass is 32.2.